The van der Waals surface area contributed by atoms with E-state index < -0.39 is 12.1 Å². The van der Waals surface area contributed by atoms with Crippen molar-refractivity contribution in [2.24, 2.45) is 0 Å². The summed E-state index contributed by atoms with van der Waals surface area (Å²) < 4.78 is 38.3. The number of ether oxygens (including phenoxy) is 1. The van der Waals surface area contributed by atoms with Crippen LogP contribution in [0, 0.1) is 0 Å². The van der Waals surface area contributed by atoms with Crippen molar-refractivity contribution >= 4 is 12.0 Å². The van der Waals surface area contributed by atoms with Gasteiger partial charge in [0, 0.05) is 33.2 Å². The van der Waals surface area contributed by atoms with Crippen molar-refractivity contribution in [3.05, 3.63) is 35.4 Å². The van der Waals surface area contributed by atoms with Crippen LogP contribution in [-0.2, 0) is 20.7 Å². The summed E-state index contributed by atoms with van der Waals surface area (Å²) in [6, 6.07) is 8.77. The molecule has 10 heteroatoms. The molecule has 2 fully saturated rings. The number of urea groups is 1. The molecular weight excluding hydrogens is 463 g/mol. The predicted molar refractivity (Wildman–Crippen MR) is 125 cm³/mol. The number of carbonyl (C=O) groups excluding carboxylic acids is 1. The number of aliphatic carboxylic acids is 1. The van der Waals surface area contributed by atoms with E-state index in [1.54, 1.807) is 0 Å². The lowest BCUT2D eigenvalue weighted by Crippen LogP contribution is -2.50. The van der Waals surface area contributed by atoms with E-state index in [2.05, 4.69) is 43.0 Å². The molecule has 0 aliphatic carbocycles. The maximum atomic E-state index is 12.9. The molecule has 4 rings (SSSR count). The molecule has 1 N–H and O–H groups in total. The molecule has 1 aromatic rings. The summed E-state index contributed by atoms with van der Waals surface area (Å²) in [4.78, 5) is 28.2. The van der Waals surface area contributed by atoms with Crippen LogP contribution in [0.2, 0.25) is 0 Å². The zero-order valence-corrected chi connectivity index (χ0v) is 20.7. The smallest absolute Gasteiger partial charge is 0.475 e. The van der Waals surface area contributed by atoms with E-state index in [0.717, 1.165) is 39.0 Å². The van der Waals surface area contributed by atoms with Crippen molar-refractivity contribution in [1.82, 2.24) is 14.7 Å². The summed E-state index contributed by atoms with van der Waals surface area (Å²) in [6.45, 7) is 10.0. The normalized spacial score (nSPS) is 21.1. The molecule has 35 heavy (non-hydrogen) atoms. The molecule has 3 aliphatic rings. The number of carbonyl (C=O) groups is 2. The van der Waals surface area contributed by atoms with Crippen molar-refractivity contribution < 1.29 is 32.6 Å². The number of likely N-dealkylation sites (tertiary alicyclic amines) is 2. The summed E-state index contributed by atoms with van der Waals surface area (Å²) in [5.74, 6) is -2.76. The summed E-state index contributed by atoms with van der Waals surface area (Å²) in [7, 11) is 1.95. The van der Waals surface area contributed by atoms with Gasteiger partial charge in [-0.2, -0.15) is 13.2 Å². The number of carboxylic acids is 1. The fraction of sp³-hybridized carbons (Fsp3) is 0.680. The van der Waals surface area contributed by atoms with Crippen LogP contribution in [0.15, 0.2) is 24.3 Å². The Morgan fingerprint density at radius 2 is 1.57 bits per heavy atom. The highest BCUT2D eigenvalue weighted by atomic mass is 19.4. The minimum atomic E-state index is -5.08. The number of hydrogen-bond donors (Lipinski definition) is 1. The van der Waals surface area contributed by atoms with E-state index in [1.165, 1.54) is 43.5 Å². The van der Waals surface area contributed by atoms with E-state index in [9.17, 15) is 18.0 Å². The quantitative estimate of drug-likeness (QED) is 0.667. The van der Waals surface area contributed by atoms with Crippen LogP contribution in [0.1, 0.15) is 57.1 Å². The van der Waals surface area contributed by atoms with Crippen LogP contribution in [0.25, 0.3) is 0 Å². The monoisotopic (exact) mass is 499 g/mol. The van der Waals surface area contributed by atoms with Gasteiger partial charge in [-0.1, -0.05) is 30.7 Å². The van der Waals surface area contributed by atoms with Gasteiger partial charge < -0.3 is 24.5 Å². The molecule has 7 nitrogen and oxygen atoms in total. The van der Waals surface area contributed by atoms with E-state index >= 15 is 0 Å². The van der Waals surface area contributed by atoms with Gasteiger partial charge in [0.25, 0.3) is 0 Å². The first-order valence-electron chi connectivity index (χ1n) is 12.2. The SMILES string of the molecule is CN(CCN1CCCCC1)C(=O)N1CCC2(CC1)OC(C)(C)c1ccccc12.O=C(O)C(F)(F)F. The topological polar surface area (TPSA) is 73.3 Å². The Bertz CT molecular complexity index is 892. The Morgan fingerprint density at radius 1 is 1.03 bits per heavy atom. The Hall–Kier alpha value is -2.33. The van der Waals surface area contributed by atoms with Gasteiger partial charge in [-0.05, 0) is 63.7 Å². The van der Waals surface area contributed by atoms with Crippen LogP contribution in [0.4, 0.5) is 18.0 Å². The second-order valence-corrected chi connectivity index (χ2v) is 10.0. The van der Waals surface area contributed by atoms with Crippen LogP contribution < -0.4 is 0 Å². The molecule has 0 bridgehead atoms. The molecule has 196 valence electrons. The molecule has 2 amide bonds. The molecule has 2 saturated heterocycles. The molecule has 0 unspecified atom stereocenters. The fourth-order valence-corrected chi connectivity index (χ4v) is 5.25. The predicted octanol–water partition coefficient (Wildman–Crippen LogP) is 4.41. The largest absolute Gasteiger partial charge is 0.490 e. The Balaban J connectivity index is 0.000000429. The van der Waals surface area contributed by atoms with Gasteiger partial charge in [0.1, 0.15) is 0 Å². The third-order valence-electron chi connectivity index (χ3n) is 7.13. The van der Waals surface area contributed by atoms with E-state index in [0.29, 0.717) is 0 Å². The second kappa shape index (κ2) is 10.7. The highest BCUT2D eigenvalue weighted by Crippen LogP contribution is 2.51. The van der Waals surface area contributed by atoms with Crippen molar-refractivity contribution in [3.63, 3.8) is 0 Å². The Labute approximate surface area is 204 Å². The number of hydrogen-bond acceptors (Lipinski definition) is 4. The molecular formula is C25H36F3N3O4. The Morgan fingerprint density at radius 3 is 2.11 bits per heavy atom. The number of nitrogens with zero attached hydrogens (tertiary/aromatic N) is 3. The van der Waals surface area contributed by atoms with Gasteiger partial charge >= 0.3 is 18.2 Å². The first-order valence-corrected chi connectivity index (χ1v) is 12.2. The average Bonchev–Trinajstić information content (AvgIpc) is 3.04. The number of benzene rings is 1. The minimum Gasteiger partial charge on any atom is -0.475 e. The molecule has 0 saturated carbocycles. The number of alkyl halides is 3. The van der Waals surface area contributed by atoms with Crippen LogP contribution >= 0.6 is 0 Å². The first kappa shape index (κ1) is 27.3. The maximum absolute atomic E-state index is 12.9. The van der Waals surface area contributed by atoms with Gasteiger partial charge in [0.15, 0.2) is 0 Å². The number of carboxylic acid groups (broad SMARTS) is 1. The van der Waals surface area contributed by atoms with Crippen LogP contribution in [0.5, 0.6) is 0 Å². The lowest BCUT2D eigenvalue weighted by atomic mass is 9.82. The van der Waals surface area contributed by atoms with Gasteiger partial charge in [-0.3, -0.25) is 0 Å². The van der Waals surface area contributed by atoms with Crippen molar-refractivity contribution in [2.75, 3.05) is 46.3 Å². The highest BCUT2D eigenvalue weighted by Gasteiger charge is 2.50. The number of amides is 2. The molecule has 3 heterocycles. The minimum absolute atomic E-state index is 0.164. The van der Waals surface area contributed by atoms with Gasteiger partial charge in [0.2, 0.25) is 0 Å². The highest BCUT2D eigenvalue weighted by molar-refractivity contribution is 5.74. The van der Waals surface area contributed by atoms with E-state index in [1.807, 2.05) is 16.8 Å². The third-order valence-corrected chi connectivity index (χ3v) is 7.13. The van der Waals surface area contributed by atoms with E-state index in [4.69, 9.17) is 14.6 Å². The summed E-state index contributed by atoms with van der Waals surface area (Å²) in [6.07, 6.45) is 0.606. The van der Waals surface area contributed by atoms with Gasteiger partial charge in [-0.25, -0.2) is 9.59 Å². The summed E-state index contributed by atoms with van der Waals surface area (Å²) in [5.41, 5.74) is 2.14. The standard InChI is InChI=1S/C23H35N3O2.C2HF3O2/c1-22(2)19-9-5-6-10-20(19)23(28-22)11-15-26(16-12-23)21(27)24(3)17-18-25-13-7-4-8-14-25;3-2(4,5)1(6)7/h5-6,9-10H,4,7-8,11-18H2,1-3H3;(H,6,7). The molecule has 0 atom stereocenters. The average molecular weight is 500 g/mol. The fourth-order valence-electron chi connectivity index (χ4n) is 5.25. The number of piperidine rings is 2. The van der Waals surface area contributed by atoms with Crippen LogP contribution in [-0.4, -0.2) is 84.3 Å². The molecule has 1 aromatic carbocycles. The van der Waals surface area contributed by atoms with Crippen molar-refractivity contribution in [1.29, 1.82) is 0 Å². The second-order valence-electron chi connectivity index (χ2n) is 10.0. The van der Waals surface area contributed by atoms with Crippen LogP contribution in [0.3, 0.4) is 0 Å². The number of halogens is 3. The maximum Gasteiger partial charge on any atom is 0.490 e. The molecule has 3 aliphatic heterocycles. The molecule has 0 radical (unpaired) electrons. The number of likely N-dealkylation sites (N-methyl/N-ethyl adjacent to an activating group) is 1. The lowest BCUT2D eigenvalue weighted by Gasteiger charge is -2.41. The van der Waals surface area contributed by atoms with Gasteiger partial charge in [0.05, 0.1) is 11.2 Å². The van der Waals surface area contributed by atoms with E-state index in [-0.39, 0.29) is 17.2 Å². The third kappa shape index (κ3) is 6.46. The van der Waals surface area contributed by atoms with Crippen molar-refractivity contribution in [3.8, 4) is 0 Å². The molecule has 0 aromatic heterocycles. The zero-order valence-electron chi connectivity index (χ0n) is 20.7. The summed E-state index contributed by atoms with van der Waals surface area (Å²) in [5, 5.41) is 7.12. The first-order chi connectivity index (χ1) is 16.4. The molecule has 1 spiro atoms. The summed E-state index contributed by atoms with van der Waals surface area (Å²) >= 11 is 0. The lowest BCUT2D eigenvalue weighted by molar-refractivity contribution is -0.192. The number of rotatable bonds is 3. The number of fused-ring (bicyclic) bond motifs is 2. The zero-order chi connectivity index (χ0) is 25.9. The van der Waals surface area contributed by atoms with Crippen molar-refractivity contribution in [2.45, 2.75) is 63.3 Å². The Kier molecular flexibility index (Phi) is 8.36. The van der Waals surface area contributed by atoms with Gasteiger partial charge in [-0.15, -0.1) is 0 Å².